The molecule has 0 saturated carbocycles. The third-order valence-electron chi connectivity index (χ3n) is 7.38. The van der Waals surface area contributed by atoms with Crippen LogP contribution in [-0.2, 0) is 14.9 Å². The first-order valence-corrected chi connectivity index (χ1v) is 15.7. The quantitative estimate of drug-likeness (QED) is 0.196. The average molecular weight is 637 g/mol. The molecule has 4 heterocycles. The van der Waals surface area contributed by atoms with Gasteiger partial charge < -0.3 is 25.0 Å². The van der Waals surface area contributed by atoms with E-state index in [9.17, 15) is 9.59 Å². The van der Waals surface area contributed by atoms with Gasteiger partial charge in [0.2, 0.25) is 0 Å². The molecule has 0 atom stereocenters. The molecular formula is C31H33FN6O4S2. The second kappa shape index (κ2) is 14.6. The molecule has 44 heavy (non-hydrogen) atoms. The first-order valence-electron chi connectivity index (χ1n) is 14.1. The lowest BCUT2D eigenvalue weighted by Gasteiger charge is -2.42. The molecule has 1 saturated heterocycles. The summed E-state index contributed by atoms with van der Waals surface area (Å²) in [6, 6.07) is 15.2. The molecule has 230 valence electrons. The van der Waals surface area contributed by atoms with E-state index in [1.807, 2.05) is 49.4 Å². The fraction of sp³-hybridized carbons (Fsp3) is 0.323. The van der Waals surface area contributed by atoms with Gasteiger partial charge in [-0.2, -0.15) is 0 Å². The molecule has 4 aromatic rings. The van der Waals surface area contributed by atoms with Gasteiger partial charge in [-0.05, 0) is 49.1 Å². The van der Waals surface area contributed by atoms with Crippen molar-refractivity contribution in [3.05, 3.63) is 89.8 Å². The van der Waals surface area contributed by atoms with Crippen molar-refractivity contribution in [3.8, 4) is 0 Å². The number of hydrogen-bond donors (Lipinski definition) is 2. The summed E-state index contributed by atoms with van der Waals surface area (Å²) in [5.41, 5.74) is 1.39. The Hall–Kier alpha value is -4.07. The van der Waals surface area contributed by atoms with Crippen molar-refractivity contribution in [3.63, 3.8) is 0 Å². The number of ether oxygens (including phenoxy) is 2. The number of thiazole rings is 1. The van der Waals surface area contributed by atoms with Crippen molar-refractivity contribution in [1.29, 1.82) is 0 Å². The van der Waals surface area contributed by atoms with E-state index < -0.39 is 17.1 Å². The number of rotatable bonds is 11. The van der Waals surface area contributed by atoms with Crippen LogP contribution >= 0.6 is 23.1 Å². The maximum atomic E-state index is 15.6. The Balaban J connectivity index is 1.24. The standard InChI is InChI=1S/C31H33FN6O4S2/c1-21-8-12-33-24(18-21)37-29-35-19-25(44-29)43-23-9-13-34-27(26(23)32)28(39)36-20-31(22-6-4-3-5-7-22)10-14-38(15-11-31)30(40)42-17-16-41-2/h3-9,12-13,18-19H,10-11,14-17,20H2,1-2H3,(H,36,39)(H,33,35,37). The zero-order chi connectivity index (χ0) is 30.9. The van der Waals surface area contributed by atoms with Gasteiger partial charge in [0.25, 0.3) is 5.91 Å². The van der Waals surface area contributed by atoms with Gasteiger partial charge in [0.15, 0.2) is 16.6 Å². The van der Waals surface area contributed by atoms with Crippen molar-refractivity contribution in [2.45, 2.75) is 34.3 Å². The molecule has 0 spiro atoms. The largest absolute Gasteiger partial charge is 0.447 e. The van der Waals surface area contributed by atoms with E-state index in [1.165, 1.54) is 29.3 Å². The van der Waals surface area contributed by atoms with Gasteiger partial charge in [-0.1, -0.05) is 53.4 Å². The van der Waals surface area contributed by atoms with E-state index in [2.05, 4.69) is 25.6 Å². The minimum atomic E-state index is -0.694. The highest BCUT2D eigenvalue weighted by molar-refractivity contribution is 8.01. The highest BCUT2D eigenvalue weighted by Crippen LogP contribution is 2.37. The fourth-order valence-corrected chi connectivity index (χ4v) is 6.83. The second-order valence-corrected chi connectivity index (χ2v) is 12.7. The van der Waals surface area contributed by atoms with Gasteiger partial charge >= 0.3 is 6.09 Å². The molecule has 0 aliphatic carbocycles. The third kappa shape index (κ3) is 7.71. The minimum Gasteiger partial charge on any atom is -0.447 e. The number of benzene rings is 1. The first-order chi connectivity index (χ1) is 21.4. The number of nitrogens with one attached hydrogen (secondary N) is 2. The van der Waals surface area contributed by atoms with Crippen LogP contribution in [0.25, 0.3) is 0 Å². The number of anilines is 2. The van der Waals surface area contributed by atoms with Gasteiger partial charge in [-0.3, -0.25) is 4.79 Å². The van der Waals surface area contributed by atoms with E-state index in [1.54, 1.807) is 30.5 Å². The van der Waals surface area contributed by atoms with Crippen LogP contribution in [0, 0.1) is 12.7 Å². The summed E-state index contributed by atoms with van der Waals surface area (Å²) in [5.74, 6) is -0.620. The highest BCUT2D eigenvalue weighted by Gasteiger charge is 2.38. The summed E-state index contributed by atoms with van der Waals surface area (Å²) in [7, 11) is 1.55. The van der Waals surface area contributed by atoms with Crippen LogP contribution in [0.15, 0.2) is 76.2 Å². The molecule has 1 aliphatic rings. The number of amides is 2. The Morgan fingerprint density at radius 3 is 2.59 bits per heavy atom. The van der Waals surface area contributed by atoms with Gasteiger partial charge in [0, 0.05) is 44.6 Å². The fourth-order valence-electron chi connectivity index (χ4n) is 4.96. The molecular weight excluding hydrogens is 604 g/mol. The van der Waals surface area contributed by atoms with Crippen LogP contribution in [0.5, 0.6) is 0 Å². The van der Waals surface area contributed by atoms with Crippen LogP contribution in [0.3, 0.4) is 0 Å². The smallest absolute Gasteiger partial charge is 0.409 e. The molecule has 0 radical (unpaired) electrons. The van der Waals surface area contributed by atoms with Gasteiger partial charge in [-0.15, -0.1) is 0 Å². The Morgan fingerprint density at radius 2 is 1.84 bits per heavy atom. The molecule has 10 nitrogen and oxygen atoms in total. The van der Waals surface area contributed by atoms with Crippen LogP contribution in [0.1, 0.15) is 34.5 Å². The molecule has 3 aromatic heterocycles. The van der Waals surface area contributed by atoms with E-state index >= 15 is 4.39 Å². The number of aryl methyl sites for hydroxylation is 1. The number of carbonyl (C=O) groups is 2. The van der Waals surface area contributed by atoms with Gasteiger partial charge in [-0.25, -0.2) is 24.1 Å². The van der Waals surface area contributed by atoms with Gasteiger partial charge in [0.05, 0.1) is 21.9 Å². The number of likely N-dealkylation sites (tertiary alicyclic amines) is 1. The SMILES string of the molecule is COCCOC(=O)N1CCC(CNC(=O)c2nccc(Sc3cnc(Nc4cc(C)ccn4)s3)c2F)(c2ccccc2)CC1. The summed E-state index contributed by atoms with van der Waals surface area (Å²) in [6.07, 6.45) is 5.61. The van der Waals surface area contributed by atoms with Crippen molar-refractivity contribution >= 4 is 46.0 Å². The maximum Gasteiger partial charge on any atom is 0.409 e. The number of pyridine rings is 2. The maximum absolute atomic E-state index is 15.6. The number of carbonyl (C=O) groups excluding carboxylic acids is 2. The van der Waals surface area contributed by atoms with Gasteiger partial charge in [0.1, 0.15) is 12.4 Å². The average Bonchev–Trinajstić information content (AvgIpc) is 3.48. The molecule has 0 bridgehead atoms. The summed E-state index contributed by atoms with van der Waals surface area (Å²) < 4.78 is 26.6. The molecule has 5 rings (SSSR count). The molecule has 2 N–H and O–H groups in total. The molecule has 0 unspecified atom stereocenters. The Labute approximate surface area is 263 Å². The Bertz CT molecular complexity index is 1580. The first kappa shape index (κ1) is 31.4. The number of aromatic nitrogens is 3. The van der Waals surface area contributed by atoms with Crippen LogP contribution in [0.2, 0.25) is 0 Å². The number of piperidine rings is 1. The Morgan fingerprint density at radius 1 is 1.07 bits per heavy atom. The normalized spacial score (nSPS) is 14.2. The van der Waals surface area contributed by atoms with E-state index in [4.69, 9.17) is 9.47 Å². The van der Waals surface area contributed by atoms with Crippen molar-refractivity contribution < 1.29 is 23.5 Å². The summed E-state index contributed by atoms with van der Waals surface area (Å²) >= 11 is 2.53. The molecule has 13 heteroatoms. The minimum absolute atomic E-state index is 0.188. The van der Waals surface area contributed by atoms with Crippen LogP contribution in [-0.4, -0.2) is 71.8 Å². The summed E-state index contributed by atoms with van der Waals surface area (Å²) in [5, 5.41) is 6.72. The van der Waals surface area contributed by atoms with E-state index in [-0.39, 0.29) is 29.8 Å². The van der Waals surface area contributed by atoms with Crippen molar-refractivity contribution in [1.82, 2.24) is 25.2 Å². The van der Waals surface area contributed by atoms with Crippen LogP contribution < -0.4 is 10.6 Å². The second-order valence-electron chi connectivity index (χ2n) is 10.3. The molecule has 2 amide bonds. The molecule has 1 fully saturated rings. The number of halogens is 1. The summed E-state index contributed by atoms with van der Waals surface area (Å²) in [4.78, 5) is 40.4. The predicted octanol–water partition coefficient (Wildman–Crippen LogP) is 5.82. The number of hydrogen-bond acceptors (Lipinski definition) is 10. The van der Waals surface area contributed by atoms with Crippen molar-refractivity contribution in [2.75, 3.05) is 45.3 Å². The predicted molar refractivity (Wildman–Crippen MR) is 167 cm³/mol. The Kier molecular flexibility index (Phi) is 10.4. The topological polar surface area (TPSA) is 119 Å². The molecule has 1 aliphatic heterocycles. The van der Waals surface area contributed by atoms with E-state index in [0.29, 0.717) is 43.5 Å². The zero-order valence-corrected chi connectivity index (χ0v) is 26.0. The lowest BCUT2D eigenvalue weighted by molar-refractivity contribution is 0.0588. The monoisotopic (exact) mass is 636 g/mol. The number of methoxy groups -OCH3 is 1. The van der Waals surface area contributed by atoms with E-state index in [0.717, 1.165) is 15.3 Å². The zero-order valence-electron chi connectivity index (χ0n) is 24.4. The molecule has 1 aromatic carbocycles. The third-order valence-corrected chi connectivity index (χ3v) is 9.43. The van der Waals surface area contributed by atoms with Crippen molar-refractivity contribution in [2.24, 2.45) is 0 Å². The highest BCUT2D eigenvalue weighted by atomic mass is 32.2. The van der Waals surface area contributed by atoms with Crippen LogP contribution in [0.4, 0.5) is 20.1 Å². The summed E-state index contributed by atoms with van der Waals surface area (Å²) in [6.45, 7) is 3.68. The lowest BCUT2D eigenvalue weighted by Crippen LogP contribution is -2.50. The lowest BCUT2D eigenvalue weighted by atomic mass is 9.72. The number of nitrogens with zero attached hydrogens (tertiary/aromatic N) is 4.